The Hall–Kier alpha value is -2.81. The third-order valence-corrected chi connectivity index (χ3v) is 4.91. The monoisotopic (exact) mass is 360 g/mol. The van der Waals surface area contributed by atoms with Gasteiger partial charge in [-0.05, 0) is 43.5 Å². The number of halogens is 1. The summed E-state index contributed by atoms with van der Waals surface area (Å²) < 4.78 is 18.9. The predicted molar refractivity (Wildman–Crippen MR) is 88.9 cm³/mol. The number of nitrogens with one attached hydrogen (secondary N) is 1. The molecule has 1 N–H and O–H groups in total. The van der Waals surface area contributed by atoms with Crippen LogP contribution < -0.4 is 11.1 Å². The number of carbonyl (C=O) groups is 1. The Morgan fingerprint density at radius 3 is 2.88 bits per heavy atom. The minimum absolute atomic E-state index is 0.0334. The summed E-state index contributed by atoms with van der Waals surface area (Å²) in [5.41, 5.74) is 1.49. The van der Waals surface area contributed by atoms with Crippen LogP contribution >= 0.6 is 11.3 Å². The Morgan fingerprint density at radius 2 is 2.12 bits per heavy atom. The highest BCUT2D eigenvalue weighted by Crippen LogP contribution is 2.30. The minimum atomic E-state index is -0.754. The van der Waals surface area contributed by atoms with E-state index in [0.717, 1.165) is 29.6 Å². The average molecular weight is 360 g/mol. The van der Waals surface area contributed by atoms with E-state index >= 15 is 0 Å². The van der Waals surface area contributed by atoms with Gasteiger partial charge in [0.05, 0.1) is 5.69 Å². The van der Waals surface area contributed by atoms with Crippen molar-refractivity contribution in [1.29, 1.82) is 0 Å². The smallest absolute Gasteiger partial charge is 0.388 e. The van der Waals surface area contributed by atoms with Gasteiger partial charge in [0.25, 0.3) is 0 Å². The molecule has 128 valence electrons. The third-order valence-electron chi connectivity index (χ3n) is 3.83. The molecule has 0 fully saturated rings. The molecule has 1 aliphatic carbocycles. The van der Waals surface area contributed by atoms with Gasteiger partial charge in [-0.15, -0.1) is 16.4 Å². The van der Waals surface area contributed by atoms with E-state index in [4.69, 9.17) is 4.42 Å². The number of aromatic nitrogens is 3. The Labute approximate surface area is 145 Å². The molecule has 0 atom stereocenters. The number of amides is 1. The number of carbonyl (C=O) groups excluding carboxylic acids is 1. The number of hydrogen-bond acceptors (Lipinski definition) is 6. The number of anilines is 1. The SMILES string of the molecule is O=C(Cn1nc(-c2ccc(F)cc2)oc1=O)Nc1nc2c(s1)CCC2. The largest absolute Gasteiger partial charge is 0.437 e. The van der Waals surface area contributed by atoms with Crippen molar-refractivity contribution in [2.75, 3.05) is 5.32 Å². The Balaban J connectivity index is 1.47. The van der Waals surface area contributed by atoms with E-state index in [-0.39, 0.29) is 12.4 Å². The molecule has 2 heterocycles. The highest BCUT2D eigenvalue weighted by atomic mass is 32.1. The van der Waals surface area contributed by atoms with Gasteiger partial charge in [0.2, 0.25) is 11.8 Å². The van der Waals surface area contributed by atoms with Crippen molar-refractivity contribution in [3.8, 4) is 11.5 Å². The van der Waals surface area contributed by atoms with Gasteiger partial charge in [0.15, 0.2) is 5.13 Å². The number of nitrogens with zero attached hydrogens (tertiary/aromatic N) is 3. The van der Waals surface area contributed by atoms with E-state index in [0.29, 0.717) is 10.7 Å². The van der Waals surface area contributed by atoms with Gasteiger partial charge in [-0.1, -0.05) is 0 Å². The summed E-state index contributed by atoms with van der Waals surface area (Å²) in [5.74, 6) is -1.53. The van der Waals surface area contributed by atoms with Crippen LogP contribution in [0.5, 0.6) is 0 Å². The standard InChI is InChI=1S/C16H13FN4O3S/c17-10-6-4-9(5-7-10)14-20-21(16(23)24-14)8-13(22)19-15-18-11-2-1-3-12(11)25-15/h4-7H,1-3,8H2,(H,18,19,22). The lowest BCUT2D eigenvalue weighted by atomic mass is 10.2. The molecule has 0 radical (unpaired) electrons. The summed E-state index contributed by atoms with van der Waals surface area (Å²) in [6.07, 6.45) is 3.03. The van der Waals surface area contributed by atoms with Gasteiger partial charge in [0.1, 0.15) is 12.4 Å². The summed E-state index contributed by atoms with van der Waals surface area (Å²) in [5, 5.41) is 7.19. The molecule has 7 nitrogen and oxygen atoms in total. The molecule has 9 heteroatoms. The van der Waals surface area contributed by atoms with E-state index < -0.39 is 17.5 Å². The quantitative estimate of drug-likeness (QED) is 0.770. The maximum atomic E-state index is 13.0. The zero-order chi connectivity index (χ0) is 17.4. The number of aryl methyl sites for hydroxylation is 2. The first-order chi connectivity index (χ1) is 12.1. The van der Waals surface area contributed by atoms with Gasteiger partial charge in [0, 0.05) is 10.4 Å². The van der Waals surface area contributed by atoms with Crippen LogP contribution in [0.15, 0.2) is 33.5 Å². The first-order valence-corrected chi connectivity index (χ1v) is 8.52. The van der Waals surface area contributed by atoms with E-state index in [1.165, 1.54) is 40.5 Å². The van der Waals surface area contributed by atoms with Crippen molar-refractivity contribution in [2.45, 2.75) is 25.8 Å². The molecule has 0 saturated heterocycles. The number of rotatable bonds is 4. The molecule has 4 rings (SSSR count). The van der Waals surface area contributed by atoms with Crippen LogP contribution in [0.3, 0.4) is 0 Å². The molecule has 1 amide bonds. The summed E-state index contributed by atoms with van der Waals surface area (Å²) in [6, 6.07) is 5.37. The third kappa shape index (κ3) is 3.22. The second-order valence-electron chi connectivity index (χ2n) is 5.63. The van der Waals surface area contributed by atoms with Crippen LogP contribution in [0.4, 0.5) is 9.52 Å². The lowest BCUT2D eigenvalue weighted by Gasteiger charge is -2.00. The first-order valence-electron chi connectivity index (χ1n) is 7.71. The fraction of sp³-hybridized carbons (Fsp3) is 0.250. The number of fused-ring (bicyclic) bond motifs is 1. The van der Waals surface area contributed by atoms with E-state index in [9.17, 15) is 14.0 Å². The summed E-state index contributed by atoms with van der Waals surface area (Å²) in [4.78, 5) is 29.5. The molecule has 0 aliphatic heterocycles. The Morgan fingerprint density at radius 1 is 1.32 bits per heavy atom. The Kier molecular flexibility index (Phi) is 3.92. The molecule has 2 aromatic heterocycles. The van der Waals surface area contributed by atoms with Crippen molar-refractivity contribution in [3.63, 3.8) is 0 Å². The van der Waals surface area contributed by atoms with Gasteiger partial charge in [-0.25, -0.2) is 14.2 Å². The van der Waals surface area contributed by atoms with Crippen molar-refractivity contribution in [2.24, 2.45) is 0 Å². The molecule has 1 aliphatic rings. The number of thiazole rings is 1. The van der Waals surface area contributed by atoms with E-state index in [1.807, 2.05) is 0 Å². The zero-order valence-corrected chi connectivity index (χ0v) is 13.8. The normalized spacial score (nSPS) is 13.0. The lowest BCUT2D eigenvalue weighted by Crippen LogP contribution is -2.25. The van der Waals surface area contributed by atoms with Crippen molar-refractivity contribution < 1.29 is 13.6 Å². The molecule has 25 heavy (non-hydrogen) atoms. The zero-order valence-electron chi connectivity index (χ0n) is 13.0. The van der Waals surface area contributed by atoms with E-state index in [1.54, 1.807) is 0 Å². The number of benzene rings is 1. The van der Waals surface area contributed by atoms with E-state index in [2.05, 4.69) is 15.4 Å². The predicted octanol–water partition coefficient (Wildman–Crippen LogP) is 2.23. The first kappa shape index (κ1) is 15.7. The summed E-state index contributed by atoms with van der Waals surface area (Å²) >= 11 is 1.46. The van der Waals surface area contributed by atoms with Gasteiger partial charge >= 0.3 is 5.76 Å². The van der Waals surface area contributed by atoms with Gasteiger partial charge in [-0.2, -0.15) is 4.68 Å². The summed E-state index contributed by atoms with van der Waals surface area (Å²) in [7, 11) is 0. The second kappa shape index (κ2) is 6.25. The molecule has 0 bridgehead atoms. The van der Waals surface area contributed by atoms with Crippen LogP contribution in [0, 0.1) is 5.82 Å². The molecular weight excluding hydrogens is 347 g/mol. The van der Waals surface area contributed by atoms with Crippen molar-refractivity contribution in [1.82, 2.24) is 14.8 Å². The lowest BCUT2D eigenvalue weighted by molar-refractivity contribution is -0.117. The van der Waals surface area contributed by atoms with Gasteiger partial charge < -0.3 is 9.73 Å². The van der Waals surface area contributed by atoms with Crippen LogP contribution in [-0.2, 0) is 24.2 Å². The second-order valence-corrected chi connectivity index (χ2v) is 6.71. The molecule has 0 spiro atoms. The molecule has 1 aromatic carbocycles. The van der Waals surface area contributed by atoms with Crippen LogP contribution in [0.25, 0.3) is 11.5 Å². The number of hydrogen-bond donors (Lipinski definition) is 1. The summed E-state index contributed by atoms with van der Waals surface area (Å²) in [6.45, 7) is -0.284. The fourth-order valence-corrected chi connectivity index (χ4v) is 3.72. The maximum Gasteiger partial charge on any atom is 0.437 e. The molecule has 0 saturated carbocycles. The van der Waals surface area contributed by atoms with Crippen molar-refractivity contribution in [3.05, 3.63) is 51.2 Å². The maximum absolute atomic E-state index is 13.0. The van der Waals surface area contributed by atoms with Crippen molar-refractivity contribution >= 4 is 22.4 Å². The highest BCUT2D eigenvalue weighted by molar-refractivity contribution is 7.15. The minimum Gasteiger partial charge on any atom is -0.388 e. The topological polar surface area (TPSA) is 90.0 Å². The molecule has 0 unspecified atom stereocenters. The highest BCUT2D eigenvalue weighted by Gasteiger charge is 2.19. The molecule has 3 aromatic rings. The Bertz CT molecular complexity index is 968. The van der Waals surface area contributed by atoms with Crippen LogP contribution in [-0.4, -0.2) is 20.7 Å². The van der Waals surface area contributed by atoms with Crippen LogP contribution in [0.1, 0.15) is 17.0 Å². The van der Waals surface area contributed by atoms with Gasteiger partial charge in [-0.3, -0.25) is 4.79 Å². The average Bonchev–Trinajstić information content (AvgIpc) is 3.24. The fourth-order valence-electron chi connectivity index (χ4n) is 2.65. The molecular formula is C16H13FN4O3S. The van der Waals surface area contributed by atoms with Crippen LogP contribution in [0.2, 0.25) is 0 Å².